The zero-order valence-corrected chi connectivity index (χ0v) is 43.7. The molecule has 6 rings (SSSR count). The number of carbonyl (C=O) groups excluding carboxylic acids is 3. The minimum absolute atomic E-state index is 0.794. The summed E-state index contributed by atoms with van der Waals surface area (Å²) < 4.78 is 63.6. The Morgan fingerprint density at radius 3 is 1.49 bits per heavy atom. The van der Waals surface area contributed by atoms with Crippen molar-refractivity contribution >= 4 is 23.7 Å². The van der Waals surface area contributed by atoms with Gasteiger partial charge in [0.2, 0.25) is 17.7 Å². The van der Waals surface area contributed by atoms with Crippen LogP contribution in [-0.4, -0.2) is 338 Å². The average Bonchev–Trinajstić information content (AvgIpc) is 3.58. The smallest absolute Gasteiger partial charge is 0.364 e. The maximum Gasteiger partial charge on any atom is 0.364 e. The summed E-state index contributed by atoms with van der Waals surface area (Å²) >= 11 is 0. The molecule has 6 aliphatic rings. The number of amides is 3. The van der Waals surface area contributed by atoms with Crippen LogP contribution in [0.15, 0.2) is 0 Å². The van der Waals surface area contributed by atoms with Gasteiger partial charge in [-0.05, 0) is 6.92 Å². The molecule has 6 saturated heterocycles. The molecule has 21 N–H and O–H groups in total. The molecule has 3 amide bonds. The second kappa shape index (κ2) is 28.3. The topological polar surface area (TPSA) is 570 Å². The highest BCUT2D eigenvalue weighted by Crippen LogP contribution is 2.40. The number of aliphatic carboxylic acids is 1. The van der Waals surface area contributed by atoms with E-state index in [1.807, 2.05) is 0 Å². The van der Waals surface area contributed by atoms with Crippen LogP contribution in [0.25, 0.3) is 0 Å². The number of aliphatic hydroxyl groups excluding tert-OH is 17. The lowest BCUT2D eigenvalue weighted by molar-refractivity contribution is -0.391. The van der Waals surface area contributed by atoms with E-state index in [0.717, 1.165) is 20.8 Å². The first kappa shape index (κ1) is 66.9. The molecule has 81 heavy (non-hydrogen) atoms. The Kier molecular flexibility index (Phi) is 23.4. The van der Waals surface area contributed by atoms with Crippen LogP contribution in [0.5, 0.6) is 0 Å². The van der Waals surface area contributed by atoms with Crippen molar-refractivity contribution in [2.24, 2.45) is 0 Å². The van der Waals surface area contributed by atoms with E-state index in [1.165, 1.54) is 6.92 Å². The van der Waals surface area contributed by atoms with Crippen molar-refractivity contribution < 1.29 is 163 Å². The summed E-state index contributed by atoms with van der Waals surface area (Å²) in [4.78, 5) is 50.2. The van der Waals surface area contributed by atoms with E-state index in [9.17, 15) is 111 Å². The number of carboxylic acid groups (broad SMARTS) is 1. The molecule has 0 aromatic rings. The highest BCUT2D eigenvalue weighted by molar-refractivity contribution is 5.77. The van der Waals surface area contributed by atoms with Crippen LogP contribution in [0.3, 0.4) is 0 Å². The number of aliphatic hydroxyl groups is 17. The molecule has 6 heterocycles. The molecule has 31 atom stereocenters. The summed E-state index contributed by atoms with van der Waals surface area (Å²) in [5, 5.41) is 202. The largest absolute Gasteiger partial charge is 0.477 e. The van der Waals surface area contributed by atoms with Crippen LogP contribution in [-0.2, 0) is 71.3 Å². The second-order valence-corrected chi connectivity index (χ2v) is 20.4. The number of hydrogen-bond donors (Lipinski definition) is 21. The lowest BCUT2D eigenvalue weighted by Gasteiger charge is -2.51. The molecule has 0 spiro atoms. The van der Waals surface area contributed by atoms with Gasteiger partial charge in [0.25, 0.3) is 5.79 Å². The van der Waals surface area contributed by atoms with Gasteiger partial charge in [0.1, 0.15) is 134 Å². The Morgan fingerprint density at radius 2 is 0.963 bits per heavy atom. The SMILES string of the molecule is CC(=O)N[C@H]1[C@H](O[C@H]2[C@@H](O)[C@@H](CO)O[C@@H](O[C@H]3[C@H](O[C@@H]4O[C@@H](C)[C@@H](O)[C@@H](O)[C@@H]4O)[C@@H](NC(C)=O)C(O)O[C@@H]3CO)[C@@H]2O)O[C@H](CO)[C@@H](O[C@@H]2O[C@H](CO)[C@H](O)[C@H](O[C@]3(C(=O)O)C[C@H](O)[C@@H](NC(C)=O)[C@H]([C@H](O)[C@H](O)CO)O3)[C@H]2O)[C@@H]1O. The van der Waals surface area contributed by atoms with Crippen molar-refractivity contribution in [2.75, 3.05) is 33.0 Å². The minimum Gasteiger partial charge on any atom is -0.477 e. The van der Waals surface area contributed by atoms with Gasteiger partial charge in [-0.1, -0.05) is 0 Å². The molecule has 6 aliphatic heterocycles. The zero-order valence-electron chi connectivity index (χ0n) is 43.7. The summed E-state index contributed by atoms with van der Waals surface area (Å²) in [5.41, 5.74) is 0. The van der Waals surface area contributed by atoms with Crippen molar-refractivity contribution in [2.45, 2.75) is 224 Å². The lowest BCUT2D eigenvalue weighted by Crippen LogP contribution is -2.71. The summed E-state index contributed by atoms with van der Waals surface area (Å²) in [6, 6.07) is -5.23. The normalized spacial score (nSPS) is 46.7. The van der Waals surface area contributed by atoms with Gasteiger partial charge < -0.3 is 160 Å². The Bertz CT molecular complexity index is 2080. The van der Waals surface area contributed by atoms with E-state index in [4.69, 9.17) is 52.1 Å². The highest BCUT2D eigenvalue weighted by atomic mass is 16.8. The predicted octanol–water partition coefficient (Wildman–Crippen LogP) is -13.4. The third-order valence-corrected chi connectivity index (χ3v) is 14.6. The third kappa shape index (κ3) is 14.5. The minimum atomic E-state index is -3.20. The maximum atomic E-state index is 13.0. The van der Waals surface area contributed by atoms with Crippen LogP contribution in [0.2, 0.25) is 0 Å². The van der Waals surface area contributed by atoms with E-state index < -0.39 is 253 Å². The van der Waals surface area contributed by atoms with Gasteiger partial charge in [0, 0.05) is 27.2 Å². The molecule has 6 fully saturated rings. The molecule has 1 unspecified atom stereocenters. The Hall–Kier alpha value is -3.24. The monoisotopic (exact) mass is 1190 g/mol. The number of nitrogens with one attached hydrogen (secondary N) is 3. The molecule has 0 saturated carbocycles. The van der Waals surface area contributed by atoms with Gasteiger partial charge in [-0.15, -0.1) is 0 Å². The summed E-state index contributed by atoms with van der Waals surface area (Å²) in [7, 11) is 0. The molecule has 0 bridgehead atoms. The van der Waals surface area contributed by atoms with Gasteiger partial charge in [-0.25, -0.2) is 4.79 Å². The van der Waals surface area contributed by atoms with E-state index in [2.05, 4.69) is 16.0 Å². The first-order valence-corrected chi connectivity index (χ1v) is 25.6. The van der Waals surface area contributed by atoms with Gasteiger partial charge in [-0.3, -0.25) is 14.4 Å². The summed E-state index contributed by atoms with van der Waals surface area (Å²) in [5.74, 6) is -7.83. The first-order chi connectivity index (χ1) is 38.1. The summed E-state index contributed by atoms with van der Waals surface area (Å²) in [6.07, 6.45) is -54.8. The number of carbonyl (C=O) groups is 4. The molecular weight excluding hydrogens is 1110 g/mol. The van der Waals surface area contributed by atoms with E-state index in [1.54, 1.807) is 0 Å². The second-order valence-electron chi connectivity index (χ2n) is 20.4. The Balaban J connectivity index is 1.26. The molecule has 0 radical (unpaired) electrons. The van der Waals surface area contributed by atoms with Crippen LogP contribution < -0.4 is 16.0 Å². The molecule has 36 nitrogen and oxygen atoms in total. The fraction of sp³-hybridized carbons (Fsp3) is 0.911. The average molecular weight is 1190 g/mol. The zero-order chi connectivity index (χ0) is 60.3. The van der Waals surface area contributed by atoms with Crippen molar-refractivity contribution in [1.29, 1.82) is 0 Å². The lowest BCUT2D eigenvalue weighted by atomic mass is 9.88. The molecular formula is C45H75N3O33. The number of ether oxygens (including phenoxy) is 11. The van der Waals surface area contributed by atoms with E-state index in [0.29, 0.717) is 0 Å². The van der Waals surface area contributed by atoms with Gasteiger partial charge in [0.15, 0.2) is 31.5 Å². The molecule has 0 aliphatic carbocycles. The highest BCUT2D eigenvalue weighted by Gasteiger charge is 2.61. The first-order valence-electron chi connectivity index (χ1n) is 25.6. The van der Waals surface area contributed by atoms with E-state index in [-0.39, 0.29) is 0 Å². The molecule has 468 valence electrons. The van der Waals surface area contributed by atoms with Crippen molar-refractivity contribution in [3.8, 4) is 0 Å². The quantitative estimate of drug-likeness (QED) is 0.0507. The summed E-state index contributed by atoms with van der Waals surface area (Å²) in [6.45, 7) is -1.20. The van der Waals surface area contributed by atoms with Crippen molar-refractivity contribution in [3.63, 3.8) is 0 Å². The fourth-order valence-electron chi connectivity index (χ4n) is 10.4. The van der Waals surface area contributed by atoms with Crippen molar-refractivity contribution in [3.05, 3.63) is 0 Å². The third-order valence-electron chi connectivity index (χ3n) is 14.6. The number of rotatable bonds is 21. The molecule has 0 aromatic carbocycles. The van der Waals surface area contributed by atoms with Crippen LogP contribution in [0, 0.1) is 0 Å². The Labute approximate surface area is 459 Å². The predicted molar refractivity (Wildman–Crippen MR) is 250 cm³/mol. The standard InChI is InChI=1S/C45H75N3O33/c1-11-24(59)29(64)30(65)41(71-11)78-36-23(48-14(4)56)39(68)72-20(10-53)34(36)77-42-31(66)37(26(61)17(7-50)73-42)79-40-22(47-13(3)55)28(63)33(19(9-52)75-40)76-43-32(67)38(27(62)18(8-51)74-43)81-45(44(69)70)5-15(57)21(46-12(2)54)35(80-45)25(60)16(58)6-49/h11,15-43,49-53,57-68H,5-10H2,1-4H3,(H,46,54)(H,47,55)(H,48,56)(H,69,70)/t11-,15-,16+,17+,18+,19+,20+,21+,22+,23+,24+,25+,26-,27-,28+,29+,30-,31+,32+,33+,34+,35+,36+,37-,38-,39?,40-,41-,42-,43-,45-/m0/s1. The van der Waals surface area contributed by atoms with Crippen molar-refractivity contribution in [1.82, 2.24) is 16.0 Å². The number of carboxylic acids is 1. The maximum absolute atomic E-state index is 13.0. The van der Waals surface area contributed by atoms with Gasteiger partial charge in [0.05, 0.1) is 51.3 Å². The van der Waals surface area contributed by atoms with E-state index >= 15 is 0 Å². The van der Waals surface area contributed by atoms with Crippen LogP contribution >= 0.6 is 0 Å². The fourth-order valence-corrected chi connectivity index (χ4v) is 10.4. The van der Waals surface area contributed by atoms with Crippen LogP contribution in [0.1, 0.15) is 34.1 Å². The van der Waals surface area contributed by atoms with Gasteiger partial charge >= 0.3 is 5.97 Å². The van der Waals surface area contributed by atoms with Crippen LogP contribution in [0.4, 0.5) is 0 Å². The number of hydrogen-bond acceptors (Lipinski definition) is 32. The van der Waals surface area contributed by atoms with Gasteiger partial charge in [-0.2, -0.15) is 0 Å². The Morgan fingerprint density at radius 1 is 0.506 bits per heavy atom. The molecule has 0 aromatic heterocycles. The molecule has 36 heteroatoms.